The smallest absolute Gasteiger partial charge is 0.350 e. The molecule has 2 aromatic rings. The number of hydrogen-bond acceptors (Lipinski definition) is 2. The standard InChI is InChI=1S/C14H13BrO2/c1-8-11-6-9-4-2-3-5-10(9)7-12(11)17-14(16)13(8)15/h6-7H,2-5H2,1H3. The fourth-order valence-corrected chi connectivity index (χ4v) is 2.85. The summed E-state index contributed by atoms with van der Waals surface area (Å²) in [6.45, 7) is 1.96. The first-order valence-corrected chi connectivity index (χ1v) is 6.71. The van der Waals surface area contributed by atoms with Gasteiger partial charge in [0.1, 0.15) is 10.1 Å². The van der Waals surface area contributed by atoms with Gasteiger partial charge in [0, 0.05) is 5.39 Å². The number of rotatable bonds is 0. The van der Waals surface area contributed by atoms with Crippen LogP contribution in [0.1, 0.15) is 29.5 Å². The van der Waals surface area contributed by atoms with E-state index in [4.69, 9.17) is 4.42 Å². The highest BCUT2D eigenvalue weighted by Crippen LogP contribution is 2.29. The monoisotopic (exact) mass is 292 g/mol. The van der Waals surface area contributed by atoms with Crippen molar-refractivity contribution in [1.82, 2.24) is 0 Å². The summed E-state index contributed by atoms with van der Waals surface area (Å²) >= 11 is 3.29. The molecule has 1 aliphatic carbocycles. The Balaban J connectivity index is 2.38. The predicted molar refractivity (Wildman–Crippen MR) is 71.6 cm³/mol. The summed E-state index contributed by atoms with van der Waals surface area (Å²) < 4.78 is 5.88. The van der Waals surface area contributed by atoms with E-state index < -0.39 is 0 Å². The first-order valence-electron chi connectivity index (χ1n) is 5.91. The minimum atomic E-state index is -0.286. The van der Waals surface area contributed by atoms with Crippen molar-refractivity contribution in [2.24, 2.45) is 0 Å². The fourth-order valence-electron chi connectivity index (χ4n) is 2.56. The zero-order valence-corrected chi connectivity index (χ0v) is 11.3. The van der Waals surface area contributed by atoms with E-state index in [1.54, 1.807) is 0 Å². The van der Waals surface area contributed by atoms with Crippen molar-refractivity contribution in [1.29, 1.82) is 0 Å². The van der Waals surface area contributed by atoms with E-state index in [9.17, 15) is 4.79 Å². The van der Waals surface area contributed by atoms with E-state index in [1.807, 2.05) is 13.0 Å². The molecule has 88 valence electrons. The topological polar surface area (TPSA) is 30.2 Å². The molecule has 2 nitrogen and oxygen atoms in total. The average molecular weight is 293 g/mol. The molecule has 0 N–H and O–H groups in total. The second kappa shape index (κ2) is 3.98. The molecule has 0 spiro atoms. The third kappa shape index (κ3) is 1.73. The van der Waals surface area contributed by atoms with Crippen LogP contribution in [0.4, 0.5) is 0 Å². The quantitative estimate of drug-likeness (QED) is 0.693. The van der Waals surface area contributed by atoms with Gasteiger partial charge in [0.05, 0.1) is 0 Å². The molecule has 0 unspecified atom stereocenters. The van der Waals surface area contributed by atoms with Gasteiger partial charge in [-0.3, -0.25) is 0 Å². The van der Waals surface area contributed by atoms with Gasteiger partial charge in [0.2, 0.25) is 0 Å². The average Bonchev–Trinajstić information content (AvgIpc) is 2.34. The van der Waals surface area contributed by atoms with Gasteiger partial charge in [-0.2, -0.15) is 0 Å². The zero-order valence-electron chi connectivity index (χ0n) is 9.68. The summed E-state index contributed by atoms with van der Waals surface area (Å²) in [4.78, 5) is 11.6. The van der Waals surface area contributed by atoms with Crippen molar-refractivity contribution in [3.8, 4) is 0 Å². The SMILES string of the molecule is Cc1c(Br)c(=O)oc2cc3c(cc12)CCCC3. The molecule has 1 aromatic heterocycles. The van der Waals surface area contributed by atoms with Gasteiger partial charge in [0.15, 0.2) is 0 Å². The van der Waals surface area contributed by atoms with Gasteiger partial charge in [0.25, 0.3) is 0 Å². The van der Waals surface area contributed by atoms with Crippen LogP contribution in [0.3, 0.4) is 0 Å². The lowest BCUT2D eigenvalue weighted by atomic mass is 9.90. The molecule has 3 rings (SSSR count). The number of fused-ring (bicyclic) bond motifs is 2. The molecule has 0 amide bonds. The van der Waals surface area contributed by atoms with Crippen LogP contribution >= 0.6 is 15.9 Å². The molecular formula is C14H13BrO2. The molecule has 0 bridgehead atoms. The Morgan fingerprint density at radius 3 is 2.53 bits per heavy atom. The van der Waals surface area contributed by atoms with Gasteiger partial charge < -0.3 is 4.42 Å². The molecule has 0 saturated heterocycles. The predicted octanol–water partition coefficient (Wildman–Crippen LogP) is 3.74. The maximum Gasteiger partial charge on any atom is 0.350 e. The van der Waals surface area contributed by atoms with Crippen LogP contribution in [0.25, 0.3) is 11.0 Å². The summed E-state index contributed by atoms with van der Waals surface area (Å²) in [5.41, 5.74) is 4.16. The Kier molecular flexibility index (Phi) is 2.58. The Hall–Kier alpha value is -1.09. The van der Waals surface area contributed by atoms with Gasteiger partial charge in [-0.15, -0.1) is 0 Å². The lowest BCUT2D eigenvalue weighted by molar-refractivity contribution is 0.553. The third-order valence-corrected chi connectivity index (χ3v) is 4.48. The van der Waals surface area contributed by atoms with Gasteiger partial charge in [-0.05, 0) is 77.4 Å². The van der Waals surface area contributed by atoms with E-state index in [-0.39, 0.29) is 5.63 Å². The van der Waals surface area contributed by atoms with E-state index in [0.717, 1.165) is 29.4 Å². The Bertz CT molecular complexity index is 655. The summed E-state index contributed by atoms with van der Waals surface area (Å²) in [7, 11) is 0. The van der Waals surface area contributed by atoms with Crippen molar-refractivity contribution in [2.45, 2.75) is 32.6 Å². The Labute approximate surface area is 108 Å². The van der Waals surface area contributed by atoms with Crippen LogP contribution in [-0.4, -0.2) is 0 Å². The second-order valence-corrected chi connectivity index (χ2v) is 5.45. The number of hydrogen-bond donors (Lipinski definition) is 0. The lowest BCUT2D eigenvalue weighted by Gasteiger charge is -2.16. The molecule has 1 heterocycles. The highest BCUT2D eigenvalue weighted by atomic mass is 79.9. The van der Waals surface area contributed by atoms with Crippen LogP contribution in [0.2, 0.25) is 0 Å². The van der Waals surface area contributed by atoms with Crippen molar-refractivity contribution in [3.05, 3.63) is 43.7 Å². The van der Waals surface area contributed by atoms with Crippen LogP contribution in [0, 0.1) is 6.92 Å². The normalized spacial score (nSPS) is 14.9. The molecule has 0 atom stereocenters. The molecule has 3 heteroatoms. The van der Waals surface area contributed by atoms with Crippen LogP contribution in [-0.2, 0) is 12.8 Å². The maximum atomic E-state index is 11.6. The van der Waals surface area contributed by atoms with Gasteiger partial charge in [-0.25, -0.2) is 4.79 Å². The minimum Gasteiger partial charge on any atom is -0.422 e. The molecule has 17 heavy (non-hydrogen) atoms. The highest BCUT2D eigenvalue weighted by molar-refractivity contribution is 9.10. The van der Waals surface area contributed by atoms with Crippen LogP contribution in [0.5, 0.6) is 0 Å². The molecule has 1 aliphatic rings. The highest BCUT2D eigenvalue weighted by Gasteiger charge is 2.14. The summed E-state index contributed by atoms with van der Waals surface area (Å²) in [5, 5.41) is 1.05. The van der Waals surface area contributed by atoms with E-state index in [2.05, 4.69) is 22.0 Å². The van der Waals surface area contributed by atoms with E-state index in [0.29, 0.717) is 4.47 Å². The molecule has 0 fully saturated rings. The zero-order chi connectivity index (χ0) is 12.0. The number of benzene rings is 1. The van der Waals surface area contributed by atoms with E-state index >= 15 is 0 Å². The first-order chi connectivity index (χ1) is 8.16. The first kappa shape index (κ1) is 11.0. The maximum absolute atomic E-state index is 11.6. The van der Waals surface area contributed by atoms with Gasteiger partial charge >= 0.3 is 5.63 Å². The fraction of sp³-hybridized carbons (Fsp3) is 0.357. The number of halogens is 1. The van der Waals surface area contributed by atoms with Crippen LogP contribution < -0.4 is 5.63 Å². The summed E-state index contributed by atoms with van der Waals surface area (Å²) in [5.74, 6) is 0. The van der Waals surface area contributed by atoms with Crippen molar-refractivity contribution < 1.29 is 4.42 Å². The van der Waals surface area contributed by atoms with Crippen molar-refractivity contribution in [3.63, 3.8) is 0 Å². The van der Waals surface area contributed by atoms with Crippen molar-refractivity contribution >= 4 is 26.9 Å². The minimum absolute atomic E-state index is 0.286. The Morgan fingerprint density at radius 1 is 1.18 bits per heavy atom. The number of aryl methyl sites for hydroxylation is 3. The Morgan fingerprint density at radius 2 is 1.82 bits per heavy atom. The molecule has 0 radical (unpaired) electrons. The van der Waals surface area contributed by atoms with Crippen molar-refractivity contribution in [2.75, 3.05) is 0 Å². The molecule has 0 saturated carbocycles. The third-order valence-electron chi connectivity index (χ3n) is 3.56. The summed E-state index contributed by atoms with van der Waals surface area (Å²) in [6, 6.07) is 4.23. The largest absolute Gasteiger partial charge is 0.422 e. The van der Waals surface area contributed by atoms with E-state index in [1.165, 1.54) is 24.0 Å². The molecule has 0 aliphatic heterocycles. The molecule has 1 aromatic carbocycles. The van der Waals surface area contributed by atoms with Gasteiger partial charge in [-0.1, -0.05) is 0 Å². The summed E-state index contributed by atoms with van der Waals surface area (Å²) in [6.07, 6.45) is 4.74. The second-order valence-electron chi connectivity index (χ2n) is 4.65. The van der Waals surface area contributed by atoms with Crippen LogP contribution in [0.15, 0.2) is 25.8 Å². The molecular weight excluding hydrogens is 280 g/mol. The lowest BCUT2D eigenvalue weighted by Crippen LogP contribution is -2.06.